The Morgan fingerprint density at radius 2 is 1.79 bits per heavy atom. The second-order valence-corrected chi connectivity index (χ2v) is 7.16. The Hall–Kier alpha value is -0.820. The summed E-state index contributed by atoms with van der Waals surface area (Å²) in [7, 11) is 0. The van der Waals surface area contributed by atoms with Crippen LogP contribution < -0.4 is 5.32 Å². The van der Waals surface area contributed by atoms with Crippen molar-refractivity contribution in [3.05, 3.63) is 35.4 Å². The second-order valence-electron chi connectivity index (χ2n) is 7.16. The summed E-state index contributed by atoms with van der Waals surface area (Å²) < 4.78 is 0. The van der Waals surface area contributed by atoms with E-state index in [1.165, 1.54) is 31.2 Å². The van der Waals surface area contributed by atoms with Crippen molar-refractivity contribution in [1.29, 1.82) is 0 Å². The highest BCUT2D eigenvalue weighted by Gasteiger charge is 2.19. The normalized spacial score (nSPS) is 18.1. The molecular weight excluding hydrogens is 230 g/mol. The molecule has 1 heteroatoms. The van der Waals surface area contributed by atoms with Crippen LogP contribution in [0.1, 0.15) is 76.3 Å². The van der Waals surface area contributed by atoms with Gasteiger partial charge < -0.3 is 5.32 Å². The SMILES string of the molecule is CC(CCNC(C)(C)C)c1ccc(C2CCC2)cc1. The number of hydrogen-bond acceptors (Lipinski definition) is 1. The highest BCUT2D eigenvalue weighted by atomic mass is 14.9. The van der Waals surface area contributed by atoms with E-state index in [4.69, 9.17) is 0 Å². The van der Waals surface area contributed by atoms with Gasteiger partial charge in [-0.3, -0.25) is 0 Å². The summed E-state index contributed by atoms with van der Waals surface area (Å²) in [5.41, 5.74) is 3.27. The van der Waals surface area contributed by atoms with Crippen LogP contribution in [0.5, 0.6) is 0 Å². The maximum atomic E-state index is 3.57. The fourth-order valence-corrected chi connectivity index (χ4v) is 2.67. The third-order valence-electron chi connectivity index (χ3n) is 4.31. The first-order valence-electron chi connectivity index (χ1n) is 7.80. The minimum Gasteiger partial charge on any atom is -0.312 e. The van der Waals surface area contributed by atoms with Crippen LogP contribution in [-0.4, -0.2) is 12.1 Å². The minimum absolute atomic E-state index is 0.230. The van der Waals surface area contributed by atoms with Gasteiger partial charge in [0, 0.05) is 5.54 Å². The zero-order valence-electron chi connectivity index (χ0n) is 13.0. The van der Waals surface area contributed by atoms with Crippen LogP contribution in [0.25, 0.3) is 0 Å². The van der Waals surface area contributed by atoms with Crippen molar-refractivity contribution < 1.29 is 0 Å². The standard InChI is InChI=1S/C18H29N/c1-14(12-13-19-18(2,3)4)15-8-10-17(11-9-15)16-6-5-7-16/h8-11,14,16,19H,5-7,12-13H2,1-4H3. The molecule has 1 aliphatic rings. The number of hydrogen-bond donors (Lipinski definition) is 1. The molecule has 1 fully saturated rings. The van der Waals surface area contributed by atoms with E-state index in [1.54, 1.807) is 5.56 Å². The Kier molecular flexibility index (Phi) is 4.67. The fourth-order valence-electron chi connectivity index (χ4n) is 2.67. The Morgan fingerprint density at radius 3 is 2.26 bits per heavy atom. The molecule has 19 heavy (non-hydrogen) atoms. The summed E-state index contributed by atoms with van der Waals surface area (Å²) in [5, 5.41) is 3.57. The third-order valence-corrected chi connectivity index (χ3v) is 4.31. The van der Waals surface area contributed by atoms with Gasteiger partial charge in [0.25, 0.3) is 0 Å². The first kappa shape index (κ1) is 14.6. The molecule has 0 bridgehead atoms. The molecule has 106 valence electrons. The molecule has 1 aliphatic carbocycles. The average molecular weight is 259 g/mol. The zero-order valence-corrected chi connectivity index (χ0v) is 13.0. The van der Waals surface area contributed by atoms with E-state index in [1.807, 2.05) is 0 Å². The topological polar surface area (TPSA) is 12.0 Å². The van der Waals surface area contributed by atoms with Crippen LogP contribution in [0.4, 0.5) is 0 Å². The van der Waals surface area contributed by atoms with Crippen LogP contribution in [0.3, 0.4) is 0 Å². The molecule has 2 rings (SSSR count). The molecule has 1 unspecified atom stereocenters. The van der Waals surface area contributed by atoms with E-state index in [-0.39, 0.29) is 5.54 Å². The van der Waals surface area contributed by atoms with Gasteiger partial charge in [-0.15, -0.1) is 0 Å². The van der Waals surface area contributed by atoms with Crippen LogP contribution in [-0.2, 0) is 0 Å². The van der Waals surface area contributed by atoms with E-state index in [9.17, 15) is 0 Å². The highest BCUT2D eigenvalue weighted by Crippen LogP contribution is 2.36. The lowest BCUT2D eigenvalue weighted by Gasteiger charge is -2.26. The maximum Gasteiger partial charge on any atom is 0.00965 e. The van der Waals surface area contributed by atoms with Gasteiger partial charge in [-0.1, -0.05) is 37.6 Å². The summed E-state index contributed by atoms with van der Waals surface area (Å²) in [4.78, 5) is 0. The van der Waals surface area contributed by atoms with Gasteiger partial charge in [0.2, 0.25) is 0 Å². The lowest BCUT2D eigenvalue weighted by molar-refractivity contribution is 0.413. The summed E-state index contributed by atoms with van der Waals surface area (Å²) in [6.07, 6.45) is 5.41. The number of nitrogens with one attached hydrogen (secondary N) is 1. The molecular formula is C18H29N. The monoisotopic (exact) mass is 259 g/mol. The molecule has 1 atom stereocenters. The fraction of sp³-hybridized carbons (Fsp3) is 0.667. The Balaban J connectivity index is 1.83. The average Bonchev–Trinajstić information content (AvgIpc) is 2.25. The van der Waals surface area contributed by atoms with Crippen LogP contribution in [0.15, 0.2) is 24.3 Å². The molecule has 1 aromatic rings. The van der Waals surface area contributed by atoms with Gasteiger partial charge in [-0.05, 0) is 69.5 Å². The Morgan fingerprint density at radius 1 is 1.16 bits per heavy atom. The van der Waals surface area contributed by atoms with Gasteiger partial charge in [0.15, 0.2) is 0 Å². The predicted molar refractivity (Wildman–Crippen MR) is 83.8 cm³/mol. The van der Waals surface area contributed by atoms with Crippen molar-refractivity contribution in [1.82, 2.24) is 5.32 Å². The minimum atomic E-state index is 0.230. The summed E-state index contributed by atoms with van der Waals surface area (Å²) >= 11 is 0. The molecule has 0 aromatic heterocycles. The zero-order chi connectivity index (χ0) is 13.9. The highest BCUT2D eigenvalue weighted by molar-refractivity contribution is 5.28. The van der Waals surface area contributed by atoms with E-state index in [0.29, 0.717) is 5.92 Å². The molecule has 0 aliphatic heterocycles. The molecule has 1 aromatic carbocycles. The molecule has 1 saturated carbocycles. The van der Waals surface area contributed by atoms with Crippen LogP contribution in [0.2, 0.25) is 0 Å². The second kappa shape index (κ2) is 6.09. The van der Waals surface area contributed by atoms with Crippen molar-refractivity contribution in [3.8, 4) is 0 Å². The predicted octanol–water partition coefficient (Wildman–Crippen LogP) is 4.84. The van der Waals surface area contributed by atoms with Gasteiger partial charge in [0.1, 0.15) is 0 Å². The lowest BCUT2D eigenvalue weighted by Crippen LogP contribution is -2.36. The Bertz CT molecular complexity index is 381. The summed E-state index contributed by atoms with van der Waals surface area (Å²) in [5.74, 6) is 1.50. The molecule has 0 spiro atoms. The van der Waals surface area contributed by atoms with Gasteiger partial charge in [-0.2, -0.15) is 0 Å². The smallest absolute Gasteiger partial charge is 0.00965 e. The Labute approximate surface area is 118 Å². The molecule has 0 amide bonds. The number of benzene rings is 1. The van der Waals surface area contributed by atoms with Crippen LogP contribution >= 0.6 is 0 Å². The van der Waals surface area contributed by atoms with Crippen molar-refractivity contribution in [2.45, 2.75) is 70.8 Å². The quantitative estimate of drug-likeness (QED) is 0.798. The molecule has 0 radical (unpaired) electrons. The number of rotatable bonds is 5. The molecule has 1 nitrogen and oxygen atoms in total. The van der Waals surface area contributed by atoms with E-state index < -0.39 is 0 Å². The van der Waals surface area contributed by atoms with Crippen molar-refractivity contribution in [2.75, 3.05) is 6.54 Å². The lowest BCUT2D eigenvalue weighted by atomic mass is 9.79. The maximum absolute atomic E-state index is 3.57. The summed E-state index contributed by atoms with van der Waals surface area (Å²) in [6.45, 7) is 10.1. The van der Waals surface area contributed by atoms with E-state index in [2.05, 4.69) is 57.3 Å². The van der Waals surface area contributed by atoms with Gasteiger partial charge in [-0.25, -0.2) is 0 Å². The first-order valence-corrected chi connectivity index (χ1v) is 7.80. The van der Waals surface area contributed by atoms with E-state index >= 15 is 0 Å². The third kappa shape index (κ3) is 4.35. The van der Waals surface area contributed by atoms with Crippen molar-refractivity contribution in [2.24, 2.45) is 0 Å². The van der Waals surface area contributed by atoms with Gasteiger partial charge in [0.05, 0.1) is 0 Å². The largest absolute Gasteiger partial charge is 0.312 e. The first-order chi connectivity index (χ1) is 8.96. The molecule has 1 N–H and O–H groups in total. The van der Waals surface area contributed by atoms with Crippen molar-refractivity contribution >= 4 is 0 Å². The summed E-state index contributed by atoms with van der Waals surface area (Å²) in [6, 6.07) is 9.39. The van der Waals surface area contributed by atoms with Crippen molar-refractivity contribution in [3.63, 3.8) is 0 Å². The van der Waals surface area contributed by atoms with Crippen LogP contribution in [0, 0.1) is 0 Å². The molecule has 0 saturated heterocycles. The molecule has 0 heterocycles. The van der Waals surface area contributed by atoms with Gasteiger partial charge >= 0.3 is 0 Å². The van der Waals surface area contributed by atoms with E-state index in [0.717, 1.165) is 12.5 Å².